The molecule has 0 bridgehead atoms. The van der Waals surface area contributed by atoms with Gasteiger partial charge in [-0.2, -0.15) is 0 Å². The minimum atomic E-state index is -0.319. The summed E-state index contributed by atoms with van der Waals surface area (Å²) in [4.78, 5) is 33.5. The molecule has 124 valence electrons. The first-order chi connectivity index (χ1) is 11.5. The van der Waals surface area contributed by atoms with Crippen molar-refractivity contribution in [2.24, 2.45) is 5.73 Å². The van der Waals surface area contributed by atoms with Crippen LogP contribution in [0.4, 0.5) is 0 Å². The first-order valence-electron chi connectivity index (χ1n) is 7.67. The SMILES string of the molecule is NC(=O)C1CCCN1Cc1nc2c(sc3ccc(Br)cc32)c(=O)[nH]1. The minimum Gasteiger partial charge on any atom is -0.368 e. The molecule has 1 saturated heterocycles. The number of hydrogen-bond acceptors (Lipinski definition) is 5. The lowest BCUT2D eigenvalue weighted by atomic mass is 10.2. The Morgan fingerprint density at radius 3 is 3.12 bits per heavy atom. The highest BCUT2D eigenvalue weighted by atomic mass is 79.9. The molecule has 1 fully saturated rings. The first kappa shape index (κ1) is 15.7. The van der Waals surface area contributed by atoms with E-state index in [0.717, 1.165) is 33.9 Å². The van der Waals surface area contributed by atoms with Crippen LogP contribution >= 0.6 is 27.3 Å². The Morgan fingerprint density at radius 1 is 1.50 bits per heavy atom. The van der Waals surface area contributed by atoms with Crippen molar-refractivity contribution in [1.29, 1.82) is 0 Å². The molecule has 1 aliphatic rings. The van der Waals surface area contributed by atoms with Crippen LogP contribution in [0.1, 0.15) is 18.7 Å². The van der Waals surface area contributed by atoms with E-state index in [0.29, 0.717) is 22.6 Å². The molecule has 0 aliphatic carbocycles. The Kier molecular flexibility index (Phi) is 3.90. The van der Waals surface area contributed by atoms with E-state index in [-0.39, 0.29) is 17.5 Å². The molecule has 3 heterocycles. The molecule has 1 amide bonds. The van der Waals surface area contributed by atoms with Crippen LogP contribution in [0.5, 0.6) is 0 Å². The number of primary amides is 1. The van der Waals surface area contributed by atoms with Crippen LogP contribution in [-0.2, 0) is 11.3 Å². The van der Waals surface area contributed by atoms with Gasteiger partial charge in [-0.05, 0) is 37.6 Å². The second kappa shape index (κ2) is 5.94. The Morgan fingerprint density at radius 2 is 2.33 bits per heavy atom. The van der Waals surface area contributed by atoms with Gasteiger partial charge in [-0.25, -0.2) is 4.98 Å². The molecule has 0 spiro atoms. The third kappa shape index (κ3) is 2.64. The number of nitrogens with two attached hydrogens (primary N) is 1. The van der Waals surface area contributed by atoms with Crippen molar-refractivity contribution in [2.75, 3.05) is 6.54 Å². The van der Waals surface area contributed by atoms with Crippen LogP contribution in [0.3, 0.4) is 0 Å². The minimum absolute atomic E-state index is 0.137. The second-order valence-corrected chi connectivity index (χ2v) is 7.93. The third-order valence-corrected chi connectivity index (χ3v) is 6.03. The summed E-state index contributed by atoms with van der Waals surface area (Å²) in [5.41, 5.74) is 6.04. The van der Waals surface area contributed by atoms with Crippen molar-refractivity contribution in [1.82, 2.24) is 14.9 Å². The predicted molar refractivity (Wildman–Crippen MR) is 98.1 cm³/mol. The van der Waals surface area contributed by atoms with Gasteiger partial charge in [-0.15, -0.1) is 11.3 Å². The summed E-state index contributed by atoms with van der Waals surface area (Å²) in [7, 11) is 0. The number of H-pyrrole nitrogens is 1. The number of carbonyl (C=O) groups excluding carboxylic acids is 1. The van der Waals surface area contributed by atoms with Gasteiger partial charge in [0.25, 0.3) is 5.56 Å². The summed E-state index contributed by atoms with van der Waals surface area (Å²) in [6.07, 6.45) is 1.69. The highest BCUT2D eigenvalue weighted by Crippen LogP contribution is 2.32. The van der Waals surface area contributed by atoms with E-state index < -0.39 is 0 Å². The van der Waals surface area contributed by atoms with Gasteiger partial charge < -0.3 is 10.7 Å². The van der Waals surface area contributed by atoms with Gasteiger partial charge in [0.2, 0.25) is 5.91 Å². The van der Waals surface area contributed by atoms with Gasteiger partial charge in [0.15, 0.2) is 0 Å². The van der Waals surface area contributed by atoms with Crippen molar-refractivity contribution in [3.05, 3.63) is 38.9 Å². The van der Waals surface area contributed by atoms with Gasteiger partial charge in [0.05, 0.1) is 18.1 Å². The summed E-state index contributed by atoms with van der Waals surface area (Å²) < 4.78 is 2.60. The quantitative estimate of drug-likeness (QED) is 0.697. The molecule has 24 heavy (non-hydrogen) atoms. The topological polar surface area (TPSA) is 92.1 Å². The third-order valence-electron chi connectivity index (χ3n) is 4.38. The van der Waals surface area contributed by atoms with Crippen LogP contribution in [-0.4, -0.2) is 33.4 Å². The number of aromatic amines is 1. The lowest BCUT2D eigenvalue weighted by Gasteiger charge is -2.20. The van der Waals surface area contributed by atoms with Crippen LogP contribution in [0, 0.1) is 0 Å². The monoisotopic (exact) mass is 406 g/mol. The number of nitrogens with zero attached hydrogens (tertiary/aromatic N) is 2. The molecule has 2 aromatic heterocycles. The van der Waals surface area contributed by atoms with Crippen molar-refractivity contribution < 1.29 is 4.79 Å². The maximum atomic E-state index is 12.4. The lowest BCUT2D eigenvalue weighted by Crippen LogP contribution is -2.40. The molecule has 1 aliphatic heterocycles. The molecule has 3 aromatic rings. The number of nitrogens with one attached hydrogen (secondary N) is 1. The summed E-state index contributed by atoms with van der Waals surface area (Å²) in [6.45, 7) is 1.20. The largest absolute Gasteiger partial charge is 0.368 e. The molecule has 0 radical (unpaired) electrons. The van der Waals surface area contributed by atoms with E-state index >= 15 is 0 Å². The van der Waals surface area contributed by atoms with E-state index in [9.17, 15) is 9.59 Å². The molecular weight excluding hydrogens is 392 g/mol. The van der Waals surface area contributed by atoms with E-state index in [1.807, 2.05) is 23.1 Å². The Hall–Kier alpha value is -1.77. The molecule has 8 heteroatoms. The van der Waals surface area contributed by atoms with E-state index in [4.69, 9.17) is 5.73 Å². The summed E-state index contributed by atoms with van der Waals surface area (Å²) >= 11 is 4.91. The highest BCUT2D eigenvalue weighted by molar-refractivity contribution is 9.10. The summed E-state index contributed by atoms with van der Waals surface area (Å²) in [5, 5.41) is 0.963. The Bertz CT molecular complexity index is 1010. The van der Waals surface area contributed by atoms with Gasteiger partial charge in [0.1, 0.15) is 10.5 Å². The molecule has 1 unspecified atom stereocenters. The number of fused-ring (bicyclic) bond motifs is 3. The van der Waals surface area contributed by atoms with Crippen molar-refractivity contribution >= 4 is 53.5 Å². The second-order valence-electron chi connectivity index (χ2n) is 5.96. The van der Waals surface area contributed by atoms with E-state index in [1.165, 1.54) is 11.3 Å². The average Bonchev–Trinajstić information content (AvgIpc) is 3.12. The predicted octanol–water partition coefficient (Wildman–Crippen LogP) is 2.35. The fraction of sp³-hybridized carbons (Fsp3) is 0.312. The van der Waals surface area contributed by atoms with Crippen LogP contribution in [0.15, 0.2) is 27.5 Å². The maximum Gasteiger partial charge on any atom is 0.268 e. The number of benzene rings is 1. The van der Waals surface area contributed by atoms with Gasteiger partial charge in [-0.1, -0.05) is 15.9 Å². The van der Waals surface area contributed by atoms with Crippen LogP contribution in [0.25, 0.3) is 20.3 Å². The number of rotatable bonds is 3. The van der Waals surface area contributed by atoms with E-state index in [2.05, 4.69) is 25.9 Å². The number of halogens is 1. The first-order valence-corrected chi connectivity index (χ1v) is 9.28. The maximum absolute atomic E-state index is 12.4. The molecule has 0 saturated carbocycles. The molecule has 1 atom stereocenters. The number of likely N-dealkylation sites (tertiary alicyclic amines) is 1. The van der Waals surface area contributed by atoms with E-state index in [1.54, 1.807) is 0 Å². The number of thiophene rings is 1. The normalized spacial score (nSPS) is 18.6. The summed E-state index contributed by atoms with van der Waals surface area (Å²) in [6, 6.07) is 5.63. The van der Waals surface area contributed by atoms with Crippen molar-refractivity contribution in [3.63, 3.8) is 0 Å². The molecule has 1 aromatic carbocycles. The Balaban J connectivity index is 1.79. The fourth-order valence-corrected chi connectivity index (χ4v) is 4.66. The molecular formula is C16H15BrN4O2S. The zero-order valence-corrected chi connectivity index (χ0v) is 15.1. The van der Waals surface area contributed by atoms with Crippen LogP contribution < -0.4 is 11.3 Å². The molecule has 3 N–H and O–H groups in total. The summed E-state index contributed by atoms with van der Waals surface area (Å²) in [5.74, 6) is 0.251. The number of hydrogen-bond donors (Lipinski definition) is 2. The fourth-order valence-electron chi connectivity index (χ4n) is 3.28. The number of carbonyl (C=O) groups is 1. The zero-order chi connectivity index (χ0) is 16.8. The molecule has 4 rings (SSSR count). The highest BCUT2D eigenvalue weighted by Gasteiger charge is 2.29. The van der Waals surface area contributed by atoms with Crippen molar-refractivity contribution in [3.8, 4) is 0 Å². The van der Waals surface area contributed by atoms with Gasteiger partial charge in [-0.3, -0.25) is 14.5 Å². The zero-order valence-electron chi connectivity index (χ0n) is 12.7. The van der Waals surface area contributed by atoms with Crippen molar-refractivity contribution in [2.45, 2.75) is 25.4 Å². The number of aromatic nitrogens is 2. The number of amides is 1. The smallest absolute Gasteiger partial charge is 0.268 e. The Labute approximate surface area is 149 Å². The standard InChI is InChI=1S/C16H15BrN4O2S/c17-8-3-4-11-9(6-8)13-14(24-11)16(23)20-12(19-13)7-21-5-1-2-10(21)15(18)22/h3-4,6,10H,1-2,5,7H2,(H2,18,22)(H,19,20,23). The average molecular weight is 407 g/mol. The van der Waals surface area contributed by atoms with Gasteiger partial charge >= 0.3 is 0 Å². The molecule has 6 nitrogen and oxygen atoms in total. The van der Waals surface area contributed by atoms with Crippen LogP contribution in [0.2, 0.25) is 0 Å². The lowest BCUT2D eigenvalue weighted by molar-refractivity contribution is -0.122. The van der Waals surface area contributed by atoms with Gasteiger partial charge in [0, 0.05) is 14.6 Å².